The summed E-state index contributed by atoms with van der Waals surface area (Å²) in [6.45, 7) is 6.32. The van der Waals surface area contributed by atoms with Crippen LogP contribution >= 0.6 is 23.2 Å². The summed E-state index contributed by atoms with van der Waals surface area (Å²) < 4.78 is 0. The van der Waals surface area contributed by atoms with E-state index in [1.807, 2.05) is 12.1 Å². The molecule has 0 fully saturated rings. The summed E-state index contributed by atoms with van der Waals surface area (Å²) in [5.74, 6) is 0.154. The summed E-state index contributed by atoms with van der Waals surface area (Å²) in [4.78, 5) is 13.2. The van der Waals surface area contributed by atoms with E-state index in [9.17, 15) is 4.79 Å². The molecule has 0 spiro atoms. The van der Waals surface area contributed by atoms with E-state index in [4.69, 9.17) is 23.2 Å². The Balaban J connectivity index is 1.92. The quantitative estimate of drug-likeness (QED) is 0.571. The van der Waals surface area contributed by atoms with Crippen LogP contribution in [0.1, 0.15) is 43.9 Å². The van der Waals surface area contributed by atoms with E-state index in [1.54, 1.807) is 6.07 Å². The smallest absolute Gasteiger partial charge is 0.163 e. The van der Waals surface area contributed by atoms with Crippen molar-refractivity contribution in [3.05, 3.63) is 68.8 Å². The first-order valence-corrected chi connectivity index (χ1v) is 9.84. The molecule has 2 N–H and O–H groups in total. The fourth-order valence-corrected chi connectivity index (χ4v) is 4.54. The predicted octanol–water partition coefficient (Wildman–Crippen LogP) is 6.52. The maximum atomic E-state index is 13.2. The van der Waals surface area contributed by atoms with Crippen LogP contribution in [0.3, 0.4) is 0 Å². The zero-order valence-electron chi connectivity index (χ0n) is 15.6. The summed E-state index contributed by atoms with van der Waals surface area (Å²) in [6.07, 6.45) is 1.33. The van der Waals surface area contributed by atoms with Crippen molar-refractivity contribution >= 4 is 40.4 Å². The van der Waals surface area contributed by atoms with E-state index in [0.29, 0.717) is 16.5 Å². The maximum Gasteiger partial charge on any atom is 0.163 e. The van der Waals surface area contributed by atoms with Gasteiger partial charge in [-0.1, -0.05) is 49.2 Å². The van der Waals surface area contributed by atoms with Gasteiger partial charge in [0.05, 0.1) is 17.4 Å². The first kappa shape index (κ1) is 18.4. The number of fused-ring (bicyclic) bond motifs is 1. The van der Waals surface area contributed by atoms with Crippen molar-refractivity contribution in [2.45, 2.75) is 39.7 Å². The van der Waals surface area contributed by atoms with Gasteiger partial charge in [0.25, 0.3) is 0 Å². The average Bonchev–Trinajstić information content (AvgIpc) is 2.69. The lowest BCUT2D eigenvalue weighted by Crippen LogP contribution is -2.31. The van der Waals surface area contributed by atoms with Gasteiger partial charge in [0, 0.05) is 27.7 Å². The number of carbonyl (C=O) groups is 1. The van der Waals surface area contributed by atoms with E-state index in [-0.39, 0.29) is 17.2 Å². The molecule has 0 amide bonds. The molecule has 0 unspecified atom stereocenters. The summed E-state index contributed by atoms with van der Waals surface area (Å²) in [7, 11) is 0. The number of hydrogen-bond acceptors (Lipinski definition) is 3. The molecule has 2 aromatic rings. The minimum Gasteiger partial charge on any atom is -0.372 e. The Kier molecular flexibility index (Phi) is 4.48. The number of anilines is 2. The minimum absolute atomic E-state index is 0.0769. The standard InChI is InChI=1S/C22H22Cl2N2O/c1-12-4-7-16-17(8-12)26-21(14-6-5-13(23)9-15(14)24)20-18(25-16)10-22(2,3)11-19(20)27/h4-9,21,25-26H,10-11H2,1-3H3/t21-/m0/s1. The number of carbonyl (C=O) groups excluding carboxylic acids is 1. The molecule has 5 heteroatoms. The molecule has 2 aromatic carbocycles. The normalized spacial score (nSPS) is 20.9. The number of rotatable bonds is 1. The Hall–Kier alpha value is -1.97. The largest absolute Gasteiger partial charge is 0.372 e. The third-order valence-corrected chi connectivity index (χ3v) is 5.81. The minimum atomic E-state index is -0.316. The molecule has 0 bridgehead atoms. The van der Waals surface area contributed by atoms with Gasteiger partial charge in [-0.05, 0) is 54.2 Å². The van der Waals surface area contributed by atoms with Gasteiger partial charge < -0.3 is 10.6 Å². The summed E-state index contributed by atoms with van der Waals surface area (Å²) in [5.41, 5.74) is 5.62. The zero-order chi connectivity index (χ0) is 19.3. The van der Waals surface area contributed by atoms with Crippen molar-refractivity contribution in [3.8, 4) is 0 Å². The van der Waals surface area contributed by atoms with E-state index in [1.165, 1.54) is 0 Å². The number of halogens is 2. The lowest BCUT2D eigenvalue weighted by atomic mass is 9.73. The number of aryl methyl sites for hydroxylation is 1. The van der Waals surface area contributed by atoms with Crippen molar-refractivity contribution in [1.29, 1.82) is 0 Å². The van der Waals surface area contributed by atoms with Crippen LogP contribution < -0.4 is 10.6 Å². The molecular formula is C22H22Cl2N2O. The fourth-order valence-electron chi connectivity index (χ4n) is 4.03. The van der Waals surface area contributed by atoms with Gasteiger partial charge in [0.1, 0.15) is 0 Å². The highest BCUT2D eigenvalue weighted by atomic mass is 35.5. The Morgan fingerprint density at radius 1 is 1.04 bits per heavy atom. The lowest BCUT2D eigenvalue weighted by molar-refractivity contribution is -0.118. The first-order chi connectivity index (χ1) is 12.7. The van der Waals surface area contributed by atoms with Crippen LogP contribution in [0.5, 0.6) is 0 Å². The van der Waals surface area contributed by atoms with E-state index in [0.717, 1.165) is 40.2 Å². The second-order valence-corrected chi connectivity index (χ2v) is 9.09. The van der Waals surface area contributed by atoms with Crippen molar-refractivity contribution in [1.82, 2.24) is 0 Å². The van der Waals surface area contributed by atoms with Crippen molar-refractivity contribution in [2.75, 3.05) is 10.6 Å². The molecule has 1 aliphatic heterocycles. The van der Waals surface area contributed by atoms with Gasteiger partial charge in [-0.15, -0.1) is 0 Å². The van der Waals surface area contributed by atoms with Gasteiger partial charge in [-0.25, -0.2) is 0 Å². The number of Topliss-reactive ketones (excluding diaryl/α,β-unsaturated/α-hetero) is 1. The van der Waals surface area contributed by atoms with E-state index < -0.39 is 0 Å². The lowest BCUT2D eigenvalue weighted by Gasteiger charge is -2.34. The highest BCUT2D eigenvalue weighted by Gasteiger charge is 2.39. The number of ketones is 1. The van der Waals surface area contributed by atoms with Gasteiger partial charge >= 0.3 is 0 Å². The Bertz CT molecular complexity index is 978. The number of allylic oxidation sites excluding steroid dienone is 1. The maximum absolute atomic E-state index is 13.2. The average molecular weight is 401 g/mol. The van der Waals surface area contributed by atoms with E-state index >= 15 is 0 Å². The van der Waals surface area contributed by atoms with Crippen LogP contribution in [0.15, 0.2) is 47.7 Å². The molecule has 140 valence electrons. The zero-order valence-corrected chi connectivity index (χ0v) is 17.1. The van der Waals surface area contributed by atoms with Crippen LogP contribution in [-0.2, 0) is 4.79 Å². The molecule has 1 atom stereocenters. The van der Waals surface area contributed by atoms with Crippen molar-refractivity contribution < 1.29 is 4.79 Å². The predicted molar refractivity (Wildman–Crippen MR) is 113 cm³/mol. The summed E-state index contributed by atoms with van der Waals surface area (Å²) >= 11 is 12.6. The highest BCUT2D eigenvalue weighted by molar-refractivity contribution is 6.35. The third-order valence-electron chi connectivity index (χ3n) is 5.24. The fraction of sp³-hybridized carbons (Fsp3) is 0.318. The Morgan fingerprint density at radius 3 is 2.56 bits per heavy atom. The number of hydrogen-bond donors (Lipinski definition) is 2. The monoisotopic (exact) mass is 400 g/mol. The summed E-state index contributed by atoms with van der Waals surface area (Å²) in [6, 6.07) is 11.3. The van der Waals surface area contributed by atoms with Crippen molar-refractivity contribution in [2.24, 2.45) is 5.41 Å². The van der Waals surface area contributed by atoms with Gasteiger partial charge in [0.2, 0.25) is 0 Å². The molecule has 1 aliphatic carbocycles. The molecule has 3 nitrogen and oxygen atoms in total. The molecule has 0 radical (unpaired) electrons. The van der Waals surface area contributed by atoms with Crippen LogP contribution in [0.25, 0.3) is 0 Å². The SMILES string of the molecule is Cc1ccc2c(c1)N[C@@H](c1ccc(Cl)cc1Cl)C1=C(CC(C)(C)CC1=O)N2. The molecule has 0 saturated carbocycles. The van der Waals surface area contributed by atoms with Crippen LogP contribution in [0.2, 0.25) is 10.0 Å². The topological polar surface area (TPSA) is 41.1 Å². The molecule has 0 aromatic heterocycles. The molecule has 2 aliphatic rings. The Labute approximate surface area is 169 Å². The molecule has 0 saturated heterocycles. The van der Waals surface area contributed by atoms with Crippen LogP contribution in [0, 0.1) is 12.3 Å². The first-order valence-electron chi connectivity index (χ1n) is 9.09. The second-order valence-electron chi connectivity index (χ2n) is 8.25. The van der Waals surface area contributed by atoms with Gasteiger partial charge in [0.15, 0.2) is 5.78 Å². The van der Waals surface area contributed by atoms with Gasteiger partial charge in [-0.2, -0.15) is 0 Å². The van der Waals surface area contributed by atoms with Crippen LogP contribution in [0.4, 0.5) is 11.4 Å². The third kappa shape index (κ3) is 3.46. The van der Waals surface area contributed by atoms with E-state index in [2.05, 4.69) is 49.6 Å². The van der Waals surface area contributed by atoms with Crippen molar-refractivity contribution in [3.63, 3.8) is 0 Å². The number of nitrogens with one attached hydrogen (secondary N) is 2. The molecule has 27 heavy (non-hydrogen) atoms. The highest BCUT2D eigenvalue weighted by Crippen LogP contribution is 2.46. The molecule has 4 rings (SSSR count). The van der Waals surface area contributed by atoms with Gasteiger partial charge in [-0.3, -0.25) is 4.79 Å². The second kappa shape index (κ2) is 6.57. The number of benzene rings is 2. The van der Waals surface area contributed by atoms with Crippen LogP contribution in [-0.4, -0.2) is 5.78 Å². The summed E-state index contributed by atoms with van der Waals surface area (Å²) in [5, 5.41) is 8.23. The molecular weight excluding hydrogens is 379 g/mol. The molecule has 1 heterocycles. The Morgan fingerprint density at radius 2 is 1.81 bits per heavy atom.